The molecular formula is C23H28Cl2O5. The number of allylic oxidation sites excluding steroid dienone is 1. The van der Waals surface area contributed by atoms with Gasteiger partial charge in [0, 0.05) is 11.6 Å². The van der Waals surface area contributed by atoms with Crippen LogP contribution in [0.1, 0.15) is 56.6 Å². The molecule has 0 aliphatic rings. The van der Waals surface area contributed by atoms with E-state index in [1.54, 1.807) is 18.2 Å². The molecule has 0 radical (unpaired) electrons. The summed E-state index contributed by atoms with van der Waals surface area (Å²) >= 11 is 12.4. The molecule has 0 bridgehead atoms. The van der Waals surface area contributed by atoms with E-state index in [-0.39, 0.29) is 23.5 Å². The molecule has 2 aromatic rings. The number of hydrogen-bond donors (Lipinski definition) is 1. The molecule has 0 fully saturated rings. The van der Waals surface area contributed by atoms with Crippen LogP contribution in [0.25, 0.3) is 6.08 Å². The summed E-state index contributed by atoms with van der Waals surface area (Å²) in [5, 5.41) is 10.3. The fraction of sp³-hybridized carbons (Fsp3) is 0.435. The Morgan fingerprint density at radius 1 is 1.13 bits per heavy atom. The third kappa shape index (κ3) is 6.79. The van der Waals surface area contributed by atoms with Crippen molar-refractivity contribution < 1.29 is 19.0 Å². The molecule has 7 heteroatoms. The van der Waals surface area contributed by atoms with Gasteiger partial charge in [0.2, 0.25) is 11.2 Å². The normalized spacial score (nSPS) is 11.2. The molecule has 164 valence electrons. The largest absolute Gasteiger partial charge is 0.493 e. The summed E-state index contributed by atoms with van der Waals surface area (Å²) in [4.78, 5) is 12.2. The van der Waals surface area contributed by atoms with E-state index in [1.165, 1.54) is 6.07 Å². The third-order valence-electron chi connectivity index (χ3n) is 4.40. The Bertz CT molecular complexity index is 905. The Balaban J connectivity index is 1.81. The van der Waals surface area contributed by atoms with Crippen LogP contribution in [0, 0.1) is 0 Å². The van der Waals surface area contributed by atoms with Crippen LogP contribution in [0.15, 0.2) is 33.5 Å². The van der Waals surface area contributed by atoms with Crippen LogP contribution in [0.4, 0.5) is 0 Å². The maximum atomic E-state index is 12.2. The van der Waals surface area contributed by atoms with Crippen molar-refractivity contribution >= 4 is 29.3 Å². The molecule has 30 heavy (non-hydrogen) atoms. The Labute approximate surface area is 187 Å². The number of benzene rings is 1. The van der Waals surface area contributed by atoms with Crippen molar-refractivity contribution in [3.05, 3.63) is 61.6 Å². The highest BCUT2D eigenvalue weighted by molar-refractivity contribution is 6.42. The molecule has 1 aromatic carbocycles. The standard InChI is InChI=1S/C23H28Cl2O5/c1-3-8-17-20(11-10-18(24)22(17)25)28-12-6-5-7-13-29-23-19(27)14-16(15-26)30-21(23)9-4-2/h4,9-11,14,26H,3,5-8,12-13,15H2,1-2H3/b9-4+. The van der Waals surface area contributed by atoms with Crippen molar-refractivity contribution in [3.8, 4) is 11.5 Å². The molecule has 0 saturated carbocycles. The molecule has 0 amide bonds. The molecular weight excluding hydrogens is 427 g/mol. The number of aliphatic hydroxyl groups excluding tert-OH is 1. The van der Waals surface area contributed by atoms with E-state index in [0.29, 0.717) is 29.0 Å². The van der Waals surface area contributed by atoms with Gasteiger partial charge in [-0.25, -0.2) is 0 Å². The number of hydrogen-bond acceptors (Lipinski definition) is 5. The summed E-state index contributed by atoms with van der Waals surface area (Å²) in [6, 6.07) is 4.86. The molecule has 0 aliphatic carbocycles. The second kappa shape index (κ2) is 12.7. The lowest BCUT2D eigenvalue weighted by Gasteiger charge is -2.13. The Morgan fingerprint density at radius 3 is 2.53 bits per heavy atom. The van der Waals surface area contributed by atoms with Gasteiger partial charge in [0.15, 0.2) is 5.76 Å². The first kappa shape index (κ1) is 24.3. The summed E-state index contributed by atoms with van der Waals surface area (Å²) in [6.07, 6.45) is 7.65. The SMILES string of the molecule is C/C=C/c1oc(CO)cc(=O)c1OCCCCCOc1ccc(Cl)c(Cl)c1CCC. The van der Waals surface area contributed by atoms with Crippen molar-refractivity contribution in [1.82, 2.24) is 0 Å². The van der Waals surface area contributed by atoms with Crippen LogP contribution in [0.3, 0.4) is 0 Å². The third-order valence-corrected chi connectivity index (χ3v) is 5.24. The van der Waals surface area contributed by atoms with E-state index in [9.17, 15) is 9.90 Å². The number of halogens is 2. The predicted octanol–water partition coefficient (Wildman–Crippen LogP) is 6.05. The molecule has 0 spiro atoms. The van der Waals surface area contributed by atoms with Gasteiger partial charge < -0.3 is 19.0 Å². The summed E-state index contributed by atoms with van der Waals surface area (Å²) in [6.45, 7) is 4.52. The van der Waals surface area contributed by atoms with Crippen LogP contribution < -0.4 is 14.9 Å². The van der Waals surface area contributed by atoms with E-state index in [0.717, 1.165) is 43.4 Å². The average molecular weight is 455 g/mol. The van der Waals surface area contributed by atoms with Crippen LogP contribution >= 0.6 is 23.2 Å². The first-order valence-corrected chi connectivity index (χ1v) is 10.9. The Hall–Kier alpha value is -1.95. The maximum Gasteiger partial charge on any atom is 0.227 e. The predicted molar refractivity (Wildman–Crippen MR) is 121 cm³/mol. The van der Waals surface area contributed by atoms with Crippen molar-refractivity contribution in [2.75, 3.05) is 13.2 Å². The lowest BCUT2D eigenvalue weighted by atomic mass is 10.1. The lowest BCUT2D eigenvalue weighted by molar-refractivity contribution is 0.234. The van der Waals surface area contributed by atoms with Crippen molar-refractivity contribution in [2.45, 2.75) is 52.6 Å². The van der Waals surface area contributed by atoms with Crippen molar-refractivity contribution in [3.63, 3.8) is 0 Å². The minimum atomic E-state index is -0.334. The highest BCUT2D eigenvalue weighted by atomic mass is 35.5. The van der Waals surface area contributed by atoms with E-state index in [4.69, 9.17) is 37.1 Å². The zero-order valence-electron chi connectivity index (χ0n) is 17.4. The summed E-state index contributed by atoms with van der Waals surface area (Å²) in [5.41, 5.74) is 0.648. The van der Waals surface area contributed by atoms with Crippen molar-refractivity contribution in [1.29, 1.82) is 0 Å². The highest BCUT2D eigenvalue weighted by Crippen LogP contribution is 2.34. The van der Waals surface area contributed by atoms with E-state index in [2.05, 4.69) is 6.92 Å². The maximum absolute atomic E-state index is 12.2. The quantitative estimate of drug-likeness (QED) is 0.395. The second-order valence-corrected chi connectivity index (χ2v) is 7.56. The number of rotatable bonds is 12. The molecule has 0 atom stereocenters. The van der Waals surface area contributed by atoms with Crippen LogP contribution in [-0.2, 0) is 13.0 Å². The van der Waals surface area contributed by atoms with Crippen LogP contribution in [-0.4, -0.2) is 18.3 Å². The van der Waals surface area contributed by atoms with Gasteiger partial charge in [-0.3, -0.25) is 4.79 Å². The zero-order chi connectivity index (χ0) is 21.9. The topological polar surface area (TPSA) is 68.9 Å². The summed E-state index contributed by atoms with van der Waals surface area (Å²) in [5.74, 6) is 1.48. The Morgan fingerprint density at radius 2 is 1.87 bits per heavy atom. The molecule has 1 heterocycles. The molecule has 2 rings (SSSR count). The molecule has 0 aliphatic heterocycles. The van der Waals surface area contributed by atoms with Crippen LogP contribution in [0.5, 0.6) is 11.5 Å². The van der Waals surface area contributed by atoms with Gasteiger partial charge in [-0.1, -0.05) is 42.6 Å². The number of unbranched alkanes of at least 4 members (excludes halogenated alkanes) is 2. The van der Waals surface area contributed by atoms with Gasteiger partial charge in [0.1, 0.15) is 18.1 Å². The van der Waals surface area contributed by atoms with Gasteiger partial charge in [-0.05, 0) is 50.8 Å². The summed E-state index contributed by atoms with van der Waals surface area (Å²) in [7, 11) is 0. The lowest BCUT2D eigenvalue weighted by Crippen LogP contribution is -2.11. The minimum absolute atomic E-state index is 0.168. The number of aliphatic hydroxyl groups is 1. The van der Waals surface area contributed by atoms with Gasteiger partial charge >= 0.3 is 0 Å². The minimum Gasteiger partial charge on any atom is -0.493 e. The fourth-order valence-corrected chi connectivity index (χ4v) is 3.39. The van der Waals surface area contributed by atoms with Crippen molar-refractivity contribution in [2.24, 2.45) is 0 Å². The molecule has 0 saturated heterocycles. The first-order valence-electron chi connectivity index (χ1n) is 10.1. The van der Waals surface area contributed by atoms with Crippen LogP contribution in [0.2, 0.25) is 10.0 Å². The molecule has 1 aromatic heterocycles. The fourth-order valence-electron chi connectivity index (χ4n) is 2.96. The molecule has 0 unspecified atom stereocenters. The van der Waals surface area contributed by atoms with Gasteiger partial charge in [-0.15, -0.1) is 0 Å². The smallest absolute Gasteiger partial charge is 0.227 e. The monoisotopic (exact) mass is 454 g/mol. The zero-order valence-corrected chi connectivity index (χ0v) is 18.9. The molecule has 1 N–H and O–H groups in total. The van der Waals surface area contributed by atoms with Gasteiger partial charge in [0.05, 0.1) is 23.3 Å². The Kier molecular flexibility index (Phi) is 10.3. The summed E-state index contributed by atoms with van der Waals surface area (Å²) < 4.78 is 17.0. The van der Waals surface area contributed by atoms with E-state index < -0.39 is 0 Å². The van der Waals surface area contributed by atoms with Gasteiger partial charge in [-0.2, -0.15) is 0 Å². The van der Waals surface area contributed by atoms with E-state index >= 15 is 0 Å². The second-order valence-electron chi connectivity index (χ2n) is 6.77. The number of ether oxygens (including phenoxy) is 2. The highest BCUT2D eigenvalue weighted by Gasteiger charge is 2.12. The van der Waals surface area contributed by atoms with Gasteiger partial charge in [0.25, 0.3) is 0 Å². The molecule has 5 nitrogen and oxygen atoms in total. The van der Waals surface area contributed by atoms with E-state index in [1.807, 2.05) is 13.0 Å². The first-order chi connectivity index (χ1) is 14.5. The average Bonchev–Trinajstić information content (AvgIpc) is 2.73.